The van der Waals surface area contributed by atoms with E-state index < -0.39 is 18.1 Å². The van der Waals surface area contributed by atoms with Gasteiger partial charge in [-0.25, -0.2) is 14.8 Å². The molecule has 1 aliphatic heterocycles. The number of nitrogens with zero attached hydrogens (tertiary/aromatic N) is 2. The number of carbonyl (C=O) groups is 1. The zero-order chi connectivity index (χ0) is 13.0. The molecule has 0 aliphatic carbocycles. The average molecular weight is 250 g/mol. The van der Waals surface area contributed by atoms with Gasteiger partial charge in [0, 0.05) is 17.8 Å². The molecular formula is C12H14N2O4. The molecule has 2 atom stereocenters. The maximum Gasteiger partial charge on any atom is 0.335 e. The lowest BCUT2D eigenvalue weighted by atomic mass is 10.1. The summed E-state index contributed by atoms with van der Waals surface area (Å²) in [6.07, 6.45) is 2.39. The smallest absolute Gasteiger partial charge is 0.335 e. The molecule has 96 valence electrons. The summed E-state index contributed by atoms with van der Waals surface area (Å²) in [6.45, 7) is 2.07. The number of aromatic nitrogens is 1. The monoisotopic (exact) mass is 250 g/mol. The van der Waals surface area contributed by atoms with Crippen LogP contribution in [0.15, 0.2) is 23.3 Å². The zero-order valence-corrected chi connectivity index (χ0v) is 10.2. The quantitative estimate of drug-likeness (QED) is 0.749. The van der Waals surface area contributed by atoms with Gasteiger partial charge in [0.15, 0.2) is 18.5 Å². The molecule has 1 aromatic heterocycles. The van der Waals surface area contributed by atoms with Crippen molar-refractivity contribution in [2.45, 2.75) is 19.1 Å². The number of ether oxygens (including phenoxy) is 3. The lowest BCUT2D eigenvalue weighted by molar-refractivity contribution is -0.146. The van der Waals surface area contributed by atoms with E-state index >= 15 is 0 Å². The molecule has 6 heteroatoms. The molecule has 0 spiro atoms. The zero-order valence-electron chi connectivity index (χ0n) is 10.2. The van der Waals surface area contributed by atoms with Crippen LogP contribution in [-0.2, 0) is 14.3 Å². The average Bonchev–Trinajstić information content (AvgIpc) is 2.88. The molecule has 0 amide bonds. The van der Waals surface area contributed by atoms with Gasteiger partial charge in [-0.3, -0.25) is 0 Å². The fourth-order valence-electron chi connectivity index (χ4n) is 1.67. The van der Waals surface area contributed by atoms with Crippen LogP contribution in [0.1, 0.15) is 18.6 Å². The van der Waals surface area contributed by atoms with E-state index in [9.17, 15) is 4.79 Å². The number of carbonyl (C=O) groups excluding carboxylic acids is 1. The van der Waals surface area contributed by atoms with E-state index in [-0.39, 0.29) is 0 Å². The largest absolute Gasteiger partial charge is 0.481 e. The Labute approximate surface area is 105 Å². The number of methoxy groups -OCH3 is 1. The lowest BCUT2D eigenvalue weighted by Gasteiger charge is -2.16. The van der Waals surface area contributed by atoms with Crippen LogP contribution >= 0.6 is 0 Å². The maximum atomic E-state index is 11.7. The maximum absolute atomic E-state index is 11.7. The van der Waals surface area contributed by atoms with Crippen molar-refractivity contribution >= 4 is 12.4 Å². The Morgan fingerprint density at radius 2 is 2.33 bits per heavy atom. The van der Waals surface area contributed by atoms with Crippen LogP contribution < -0.4 is 4.74 Å². The van der Waals surface area contributed by atoms with Crippen LogP contribution in [0.2, 0.25) is 0 Å². The van der Waals surface area contributed by atoms with Gasteiger partial charge in [0.2, 0.25) is 5.88 Å². The first-order chi connectivity index (χ1) is 8.76. The van der Waals surface area contributed by atoms with Crippen molar-refractivity contribution < 1.29 is 19.0 Å². The first-order valence-electron chi connectivity index (χ1n) is 5.60. The van der Waals surface area contributed by atoms with E-state index in [1.165, 1.54) is 6.40 Å². The molecule has 1 aromatic rings. The molecule has 1 aliphatic rings. The summed E-state index contributed by atoms with van der Waals surface area (Å²) in [4.78, 5) is 19.7. The highest BCUT2D eigenvalue weighted by Crippen LogP contribution is 2.28. The summed E-state index contributed by atoms with van der Waals surface area (Å²) >= 11 is 0. The van der Waals surface area contributed by atoms with Gasteiger partial charge in [0.05, 0.1) is 13.7 Å². The van der Waals surface area contributed by atoms with Gasteiger partial charge in [0.1, 0.15) is 0 Å². The van der Waals surface area contributed by atoms with Crippen LogP contribution in [-0.4, -0.2) is 37.1 Å². The summed E-state index contributed by atoms with van der Waals surface area (Å²) in [7, 11) is 1.54. The second-order valence-corrected chi connectivity index (χ2v) is 3.64. The minimum absolute atomic E-state index is 0.318. The van der Waals surface area contributed by atoms with Gasteiger partial charge >= 0.3 is 5.97 Å². The number of pyridine rings is 1. The Balaban J connectivity index is 2.14. The van der Waals surface area contributed by atoms with Gasteiger partial charge in [-0.1, -0.05) is 0 Å². The van der Waals surface area contributed by atoms with Crippen molar-refractivity contribution in [1.29, 1.82) is 0 Å². The van der Waals surface area contributed by atoms with Crippen LogP contribution in [0, 0.1) is 0 Å². The molecule has 2 rings (SSSR count). The SMILES string of the molecule is CCOC(=O)C1N=COC1c1ccc(OC)nc1. The number of rotatable bonds is 4. The van der Waals surface area contributed by atoms with Crippen molar-refractivity contribution in [1.82, 2.24) is 4.98 Å². The van der Waals surface area contributed by atoms with E-state index in [0.717, 1.165) is 5.56 Å². The number of hydrogen-bond donors (Lipinski definition) is 0. The fourth-order valence-corrected chi connectivity index (χ4v) is 1.67. The van der Waals surface area contributed by atoms with Gasteiger partial charge in [0.25, 0.3) is 0 Å². The first kappa shape index (κ1) is 12.3. The Kier molecular flexibility index (Phi) is 3.76. The van der Waals surface area contributed by atoms with Crippen LogP contribution in [0.5, 0.6) is 5.88 Å². The topological polar surface area (TPSA) is 70.0 Å². The second kappa shape index (κ2) is 5.48. The van der Waals surface area contributed by atoms with Crippen molar-refractivity contribution in [2.24, 2.45) is 4.99 Å². The third kappa shape index (κ3) is 2.42. The predicted molar refractivity (Wildman–Crippen MR) is 63.5 cm³/mol. The standard InChI is InChI=1S/C12H14N2O4/c1-3-17-12(15)10-11(18-7-14-10)8-4-5-9(16-2)13-6-8/h4-7,10-11H,3H2,1-2H3. The minimum Gasteiger partial charge on any atom is -0.481 e. The van der Waals surface area contributed by atoms with E-state index in [1.807, 2.05) is 0 Å². The summed E-state index contributed by atoms with van der Waals surface area (Å²) in [5.41, 5.74) is 0.756. The Hall–Kier alpha value is -2.11. The molecule has 18 heavy (non-hydrogen) atoms. The number of aliphatic imine (C=N–C) groups is 1. The Bertz CT molecular complexity index is 444. The molecule has 2 unspecified atom stereocenters. The van der Waals surface area contributed by atoms with Gasteiger partial charge in [-0.2, -0.15) is 0 Å². The van der Waals surface area contributed by atoms with E-state index in [1.54, 1.807) is 32.4 Å². The van der Waals surface area contributed by atoms with Crippen LogP contribution in [0.3, 0.4) is 0 Å². The molecule has 0 radical (unpaired) electrons. The van der Waals surface area contributed by atoms with Crippen molar-refractivity contribution in [3.05, 3.63) is 23.9 Å². The third-order valence-corrected chi connectivity index (χ3v) is 2.54. The molecule has 2 heterocycles. The van der Waals surface area contributed by atoms with Gasteiger partial charge < -0.3 is 14.2 Å². The van der Waals surface area contributed by atoms with E-state index in [2.05, 4.69) is 9.98 Å². The van der Waals surface area contributed by atoms with E-state index in [4.69, 9.17) is 14.2 Å². The van der Waals surface area contributed by atoms with Gasteiger partial charge in [-0.05, 0) is 13.0 Å². The van der Waals surface area contributed by atoms with Gasteiger partial charge in [-0.15, -0.1) is 0 Å². The van der Waals surface area contributed by atoms with Crippen molar-refractivity contribution in [2.75, 3.05) is 13.7 Å². The Morgan fingerprint density at radius 1 is 1.50 bits per heavy atom. The molecular weight excluding hydrogens is 236 g/mol. The molecule has 0 saturated carbocycles. The molecule has 0 aromatic carbocycles. The third-order valence-electron chi connectivity index (χ3n) is 2.54. The minimum atomic E-state index is -0.667. The molecule has 0 N–H and O–H groups in total. The van der Waals surface area contributed by atoms with Crippen molar-refractivity contribution in [3.63, 3.8) is 0 Å². The first-order valence-corrected chi connectivity index (χ1v) is 5.60. The van der Waals surface area contributed by atoms with E-state index in [0.29, 0.717) is 12.5 Å². The Morgan fingerprint density at radius 3 is 2.94 bits per heavy atom. The summed E-state index contributed by atoms with van der Waals surface area (Å²) in [5.74, 6) is 0.109. The highest BCUT2D eigenvalue weighted by molar-refractivity contribution is 5.80. The predicted octanol–water partition coefficient (Wildman–Crippen LogP) is 1.12. The second-order valence-electron chi connectivity index (χ2n) is 3.64. The van der Waals surface area contributed by atoms with Crippen LogP contribution in [0.4, 0.5) is 0 Å². The number of hydrogen-bond acceptors (Lipinski definition) is 6. The lowest BCUT2D eigenvalue weighted by Crippen LogP contribution is -2.26. The number of esters is 1. The summed E-state index contributed by atoms with van der Waals surface area (Å²) < 4.78 is 15.2. The molecule has 0 bridgehead atoms. The highest BCUT2D eigenvalue weighted by atomic mass is 16.5. The normalized spacial score (nSPS) is 21.4. The summed E-state index contributed by atoms with van der Waals surface area (Å²) in [5, 5.41) is 0. The molecule has 0 fully saturated rings. The molecule has 6 nitrogen and oxygen atoms in total. The van der Waals surface area contributed by atoms with Crippen molar-refractivity contribution in [3.8, 4) is 5.88 Å². The summed E-state index contributed by atoms with van der Waals surface area (Å²) in [6, 6.07) is 2.83. The molecule has 0 saturated heterocycles. The fraction of sp³-hybridized carbons (Fsp3) is 0.417. The highest BCUT2D eigenvalue weighted by Gasteiger charge is 2.35. The van der Waals surface area contributed by atoms with Crippen LogP contribution in [0.25, 0.3) is 0 Å².